The highest BCUT2D eigenvalue weighted by Crippen LogP contribution is 2.37. The summed E-state index contributed by atoms with van der Waals surface area (Å²) in [4.78, 5) is 17.1. The van der Waals surface area contributed by atoms with Gasteiger partial charge in [-0.1, -0.05) is 23.2 Å². The molecule has 1 aliphatic heterocycles. The van der Waals surface area contributed by atoms with Crippen LogP contribution in [0.4, 0.5) is 5.69 Å². The highest BCUT2D eigenvalue weighted by molar-refractivity contribution is 7.89. The third-order valence-electron chi connectivity index (χ3n) is 5.38. The van der Waals surface area contributed by atoms with Gasteiger partial charge in [-0.3, -0.25) is 4.79 Å². The third-order valence-corrected chi connectivity index (χ3v) is 7.87. The van der Waals surface area contributed by atoms with Gasteiger partial charge in [-0.25, -0.2) is 13.4 Å². The van der Waals surface area contributed by atoms with E-state index in [2.05, 4.69) is 10.3 Å². The number of pyridine rings is 1. The summed E-state index contributed by atoms with van der Waals surface area (Å²) >= 11 is 12.6. The molecular weight excluding hydrogens is 517 g/mol. The Labute approximate surface area is 212 Å². The van der Waals surface area contributed by atoms with Gasteiger partial charge in [0.1, 0.15) is 11.3 Å². The highest BCUT2D eigenvalue weighted by atomic mass is 35.5. The number of benzene rings is 2. The van der Waals surface area contributed by atoms with Gasteiger partial charge in [-0.05, 0) is 37.3 Å². The van der Waals surface area contributed by atoms with E-state index in [4.69, 9.17) is 37.4 Å². The molecule has 0 aliphatic carbocycles. The Balaban J connectivity index is 1.50. The molecule has 0 radical (unpaired) electrons. The number of anilines is 1. The monoisotopic (exact) mass is 539 g/mol. The van der Waals surface area contributed by atoms with Gasteiger partial charge in [0.2, 0.25) is 10.0 Å². The first-order chi connectivity index (χ1) is 16.7. The van der Waals surface area contributed by atoms with Crippen LogP contribution in [0.3, 0.4) is 0 Å². The number of morpholine rings is 1. The molecule has 1 amide bonds. The normalized spacial score (nSPS) is 14.6. The Hall–Kier alpha value is -2.63. The average Bonchev–Trinajstić information content (AvgIpc) is 2.84. The first-order valence-corrected chi connectivity index (χ1v) is 12.8. The zero-order valence-corrected chi connectivity index (χ0v) is 21.3. The van der Waals surface area contributed by atoms with Crippen LogP contribution in [-0.2, 0) is 19.6 Å². The summed E-state index contributed by atoms with van der Waals surface area (Å²) in [6, 6.07) is 9.41. The van der Waals surface area contributed by atoms with Gasteiger partial charge in [-0.2, -0.15) is 4.31 Å². The molecule has 0 spiro atoms. The molecule has 4 rings (SSSR count). The van der Waals surface area contributed by atoms with Crippen molar-refractivity contribution in [1.82, 2.24) is 9.29 Å². The van der Waals surface area contributed by atoms with Gasteiger partial charge < -0.3 is 19.5 Å². The standard InChI is InChI=1S/C23H23Cl2N3O6S/c1-14-3-5-16-17(24)12-18(25)23(22(16)26-14)34-13-21(29)27-19-6-4-15(11-20(19)32-2)35(30,31)28-7-9-33-10-8-28/h3-6,11-12H,7-10,13H2,1-2H3,(H,27,29). The van der Waals surface area contributed by atoms with Gasteiger partial charge >= 0.3 is 0 Å². The molecule has 1 aromatic heterocycles. The van der Waals surface area contributed by atoms with E-state index in [1.165, 1.54) is 35.7 Å². The minimum atomic E-state index is -3.72. The third kappa shape index (κ3) is 5.46. The molecule has 0 saturated carbocycles. The van der Waals surface area contributed by atoms with Crippen molar-refractivity contribution >= 4 is 55.7 Å². The zero-order chi connectivity index (χ0) is 25.2. The maximum absolute atomic E-state index is 12.9. The zero-order valence-electron chi connectivity index (χ0n) is 19.0. The number of hydrogen-bond acceptors (Lipinski definition) is 7. The molecular formula is C23H23Cl2N3O6S. The van der Waals surface area contributed by atoms with Crippen molar-refractivity contribution in [3.8, 4) is 11.5 Å². The van der Waals surface area contributed by atoms with Crippen LogP contribution < -0.4 is 14.8 Å². The quantitative estimate of drug-likeness (QED) is 0.485. The molecule has 35 heavy (non-hydrogen) atoms. The van der Waals surface area contributed by atoms with E-state index in [1.54, 1.807) is 6.07 Å². The van der Waals surface area contributed by atoms with Crippen molar-refractivity contribution in [3.05, 3.63) is 52.1 Å². The Morgan fingerprint density at radius 2 is 1.89 bits per heavy atom. The van der Waals surface area contributed by atoms with Crippen LogP contribution in [-0.4, -0.2) is 63.6 Å². The Bertz CT molecular complexity index is 1380. The Morgan fingerprint density at radius 1 is 1.14 bits per heavy atom. The van der Waals surface area contributed by atoms with Crippen molar-refractivity contribution in [1.29, 1.82) is 0 Å². The van der Waals surface area contributed by atoms with E-state index in [0.717, 1.165) is 5.69 Å². The van der Waals surface area contributed by atoms with Crippen molar-refractivity contribution in [3.63, 3.8) is 0 Å². The molecule has 2 aromatic carbocycles. The number of fused-ring (bicyclic) bond motifs is 1. The van der Waals surface area contributed by atoms with Gasteiger partial charge in [0.15, 0.2) is 12.4 Å². The van der Waals surface area contributed by atoms with E-state index in [9.17, 15) is 13.2 Å². The lowest BCUT2D eigenvalue weighted by atomic mass is 10.2. The summed E-state index contributed by atoms with van der Waals surface area (Å²) in [5.74, 6) is -0.0670. The molecule has 1 saturated heterocycles. The van der Waals surface area contributed by atoms with Crippen LogP contribution in [0.1, 0.15) is 5.69 Å². The molecule has 1 N–H and O–H groups in total. The molecule has 1 fully saturated rings. The number of carbonyl (C=O) groups is 1. The maximum atomic E-state index is 12.9. The topological polar surface area (TPSA) is 107 Å². The van der Waals surface area contributed by atoms with Gasteiger partial charge in [0.05, 0.1) is 41.0 Å². The molecule has 0 atom stereocenters. The molecule has 0 bridgehead atoms. The molecule has 186 valence electrons. The number of rotatable bonds is 7. The van der Waals surface area contributed by atoms with Gasteiger partial charge in [-0.15, -0.1) is 0 Å². The minimum absolute atomic E-state index is 0.0614. The number of aromatic nitrogens is 1. The lowest BCUT2D eigenvalue weighted by Crippen LogP contribution is -2.40. The fourth-order valence-electron chi connectivity index (χ4n) is 3.62. The fraction of sp³-hybridized carbons (Fsp3) is 0.304. The first-order valence-electron chi connectivity index (χ1n) is 10.6. The Morgan fingerprint density at radius 3 is 2.60 bits per heavy atom. The number of amides is 1. The molecule has 1 aliphatic rings. The van der Waals surface area contributed by atoms with Crippen LogP contribution in [0.15, 0.2) is 41.3 Å². The average molecular weight is 540 g/mol. The van der Waals surface area contributed by atoms with Crippen LogP contribution in [0.2, 0.25) is 10.0 Å². The SMILES string of the molecule is COc1cc(S(=O)(=O)N2CCOCC2)ccc1NC(=O)COc1c(Cl)cc(Cl)c2ccc(C)nc12. The summed E-state index contributed by atoms with van der Waals surface area (Å²) in [6.07, 6.45) is 0. The number of nitrogens with one attached hydrogen (secondary N) is 1. The summed E-state index contributed by atoms with van der Waals surface area (Å²) in [5, 5.41) is 3.97. The van der Waals surface area contributed by atoms with Crippen LogP contribution in [0.5, 0.6) is 11.5 Å². The van der Waals surface area contributed by atoms with Gasteiger partial charge in [0.25, 0.3) is 5.91 Å². The predicted octanol–water partition coefficient (Wildman–Crippen LogP) is 3.90. The van der Waals surface area contributed by atoms with Crippen LogP contribution in [0.25, 0.3) is 10.9 Å². The van der Waals surface area contributed by atoms with E-state index < -0.39 is 15.9 Å². The highest BCUT2D eigenvalue weighted by Gasteiger charge is 2.27. The molecule has 2 heterocycles. The molecule has 0 unspecified atom stereocenters. The van der Waals surface area contributed by atoms with Crippen molar-refractivity contribution in [2.45, 2.75) is 11.8 Å². The second-order valence-corrected chi connectivity index (χ2v) is 10.5. The summed E-state index contributed by atoms with van der Waals surface area (Å²) in [5.41, 5.74) is 1.48. The number of methoxy groups -OCH3 is 1. The number of ether oxygens (including phenoxy) is 3. The molecule has 3 aromatic rings. The van der Waals surface area contributed by atoms with E-state index >= 15 is 0 Å². The molecule has 9 nitrogen and oxygen atoms in total. The molecule has 12 heteroatoms. The number of aryl methyl sites for hydroxylation is 1. The van der Waals surface area contributed by atoms with E-state index in [1.807, 2.05) is 13.0 Å². The smallest absolute Gasteiger partial charge is 0.262 e. The van der Waals surface area contributed by atoms with E-state index in [0.29, 0.717) is 34.8 Å². The van der Waals surface area contributed by atoms with Crippen molar-refractivity contribution < 1.29 is 27.4 Å². The largest absolute Gasteiger partial charge is 0.495 e. The van der Waals surface area contributed by atoms with Crippen molar-refractivity contribution in [2.24, 2.45) is 0 Å². The second-order valence-electron chi connectivity index (χ2n) is 7.73. The number of sulfonamides is 1. The van der Waals surface area contributed by atoms with Crippen LogP contribution in [0, 0.1) is 6.92 Å². The van der Waals surface area contributed by atoms with Crippen molar-refractivity contribution in [2.75, 3.05) is 45.3 Å². The first kappa shape index (κ1) is 25.5. The lowest BCUT2D eigenvalue weighted by Gasteiger charge is -2.26. The fourth-order valence-corrected chi connectivity index (χ4v) is 5.62. The number of nitrogens with zero attached hydrogens (tertiary/aromatic N) is 2. The maximum Gasteiger partial charge on any atom is 0.262 e. The lowest BCUT2D eigenvalue weighted by molar-refractivity contribution is -0.118. The van der Waals surface area contributed by atoms with Gasteiger partial charge in [0, 0.05) is 30.2 Å². The summed E-state index contributed by atoms with van der Waals surface area (Å²) in [7, 11) is -2.33. The second kappa shape index (κ2) is 10.5. The number of halogens is 2. The number of hydrogen-bond donors (Lipinski definition) is 1. The predicted molar refractivity (Wildman–Crippen MR) is 133 cm³/mol. The summed E-state index contributed by atoms with van der Waals surface area (Å²) < 4.78 is 43.4. The number of carbonyl (C=O) groups excluding carboxylic acids is 1. The summed E-state index contributed by atoms with van der Waals surface area (Å²) in [6.45, 7) is 2.68. The Kier molecular flexibility index (Phi) is 7.67. The minimum Gasteiger partial charge on any atom is -0.495 e. The van der Waals surface area contributed by atoms with Crippen LogP contribution >= 0.6 is 23.2 Å². The van der Waals surface area contributed by atoms with E-state index in [-0.39, 0.29) is 41.1 Å².